The number of rotatable bonds is 8. The van der Waals surface area contributed by atoms with Crippen LogP contribution in [0.2, 0.25) is 0 Å². The van der Waals surface area contributed by atoms with Crippen molar-refractivity contribution < 1.29 is 14.3 Å². The standard InChI is InChI=1S/C15H22O3/c1-4-6-7-12(5-2)10-13-8-9-18-14(13)11(3)15(16)17/h8-9,12H,3-7,10H2,1-2H3,(H,16,17). The normalized spacial score (nSPS) is 12.3. The van der Waals surface area contributed by atoms with Gasteiger partial charge in [-0.2, -0.15) is 0 Å². The molecule has 0 aliphatic heterocycles. The van der Waals surface area contributed by atoms with Gasteiger partial charge in [-0.3, -0.25) is 0 Å². The van der Waals surface area contributed by atoms with Crippen LogP contribution in [-0.2, 0) is 11.2 Å². The Bertz CT molecular complexity index is 404. The van der Waals surface area contributed by atoms with Crippen LogP contribution >= 0.6 is 0 Å². The Kier molecular flexibility index (Phi) is 5.69. The van der Waals surface area contributed by atoms with E-state index >= 15 is 0 Å². The minimum atomic E-state index is -1.02. The average Bonchev–Trinajstić information content (AvgIpc) is 2.81. The van der Waals surface area contributed by atoms with E-state index in [4.69, 9.17) is 9.52 Å². The summed E-state index contributed by atoms with van der Waals surface area (Å²) in [6.45, 7) is 7.91. The second kappa shape index (κ2) is 7.04. The zero-order chi connectivity index (χ0) is 13.5. The van der Waals surface area contributed by atoms with Gasteiger partial charge >= 0.3 is 5.97 Å². The molecule has 3 heteroatoms. The van der Waals surface area contributed by atoms with Crippen molar-refractivity contribution >= 4 is 11.5 Å². The van der Waals surface area contributed by atoms with Gasteiger partial charge in [-0.1, -0.05) is 46.1 Å². The predicted octanol–water partition coefficient (Wildman–Crippen LogP) is 4.14. The maximum atomic E-state index is 10.9. The molecule has 100 valence electrons. The summed E-state index contributed by atoms with van der Waals surface area (Å²) in [5.74, 6) is -0.00634. The van der Waals surface area contributed by atoms with Crippen molar-refractivity contribution in [3.05, 3.63) is 30.2 Å². The van der Waals surface area contributed by atoms with Crippen molar-refractivity contribution in [3.8, 4) is 0 Å². The fraction of sp³-hybridized carbons (Fsp3) is 0.533. The van der Waals surface area contributed by atoms with Crippen LogP contribution in [0.25, 0.3) is 5.57 Å². The Morgan fingerprint density at radius 3 is 2.78 bits per heavy atom. The van der Waals surface area contributed by atoms with E-state index in [0.29, 0.717) is 11.7 Å². The summed E-state index contributed by atoms with van der Waals surface area (Å²) in [4.78, 5) is 10.9. The molecule has 1 rings (SSSR count). The highest BCUT2D eigenvalue weighted by Crippen LogP contribution is 2.25. The van der Waals surface area contributed by atoms with E-state index in [1.54, 1.807) is 6.26 Å². The summed E-state index contributed by atoms with van der Waals surface area (Å²) in [6.07, 6.45) is 7.10. The first kappa shape index (κ1) is 14.6. The van der Waals surface area contributed by atoms with Crippen LogP contribution in [0, 0.1) is 5.92 Å². The van der Waals surface area contributed by atoms with Gasteiger partial charge in [0, 0.05) is 0 Å². The zero-order valence-electron chi connectivity index (χ0n) is 11.2. The largest absolute Gasteiger partial charge is 0.478 e. The number of carboxylic acid groups (broad SMARTS) is 1. The van der Waals surface area contributed by atoms with Crippen LogP contribution in [-0.4, -0.2) is 11.1 Å². The highest BCUT2D eigenvalue weighted by atomic mass is 16.4. The fourth-order valence-corrected chi connectivity index (χ4v) is 2.11. The van der Waals surface area contributed by atoms with E-state index in [2.05, 4.69) is 20.4 Å². The number of furan rings is 1. The quantitative estimate of drug-likeness (QED) is 0.705. The number of aliphatic carboxylic acids is 1. The molecule has 18 heavy (non-hydrogen) atoms. The molecule has 1 N–H and O–H groups in total. The van der Waals surface area contributed by atoms with Crippen LogP contribution in [0.5, 0.6) is 0 Å². The highest BCUT2D eigenvalue weighted by Gasteiger charge is 2.18. The van der Waals surface area contributed by atoms with Gasteiger partial charge in [0.15, 0.2) is 0 Å². The molecule has 0 aliphatic rings. The molecule has 1 aromatic heterocycles. The third-order valence-electron chi connectivity index (χ3n) is 3.33. The molecule has 0 aliphatic carbocycles. The Labute approximate surface area is 109 Å². The van der Waals surface area contributed by atoms with E-state index in [1.807, 2.05) is 6.07 Å². The number of hydrogen-bond acceptors (Lipinski definition) is 2. The van der Waals surface area contributed by atoms with Crippen LogP contribution in [0.1, 0.15) is 50.9 Å². The maximum absolute atomic E-state index is 10.9. The first-order valence-electron chi connectivity index (χ1n) is 6.59. The maximum Gasteiger partial charge on any atom is 0.338 e. The van der Waals surface area contributed by atoms with E-state index < -0.39 is 5.97 Å². The molecular formula is C15H22O3. The van der Waals surface area contributed by atoms with Crippen molar-refractivity contribution in [2.24, 2.45) is 5.92 Å². The molecule has 0 fully saturated rings. The number of hydrogen-bond donors (Lipinski definition) is 1. The Hall–Kier alpha value is -1.51. The fourth-order valence-electron chi connectivity index (χ4n) is 2.11. The molecule has 0 aromatic carbocycles. The Balaban J connectivity index is 2.75. The van der Waals surface area contributed by atoms with Crippen LogP contribution < -0.4 is 0 Å². The van der Waals surface area contributed by atoms with Gasteiger partial charge in [0.1, 0.15) is 5.76 Å². The molecule has 3 nitrogen and oxygen atoms in total. The third-order valence-corrected chi connectivity index (χ3v) is 3.33. The molecule has 1 atom stereocenters. The smallest absolute Gasteiger partial charge is 0.338 e. The molecule has 0 saturated heterocycles. The van der Waals surface area contributed by atoms with E-state index in [-0.39, 0.29) is 5.57 Å². The Morgan fingerprint density at radius 1 is 1.50 bits per heavy atom. The van der Waals surface area contributed by atoms with E-state index in [0.717, 1.165) is 18.4 Å². The topological polar surface area (TPSA) is 50.4 Å². The summed E-state index contributed by atoms with van der Waals surface area (Å²) in [6, 6.07) is 1.86. The summed E-state index contributed by atoms with van der Waals surface area (Å²) >= 11 is 0. The van der Waals surface area contributed by atoms with Gasteiger partial charge in [-0.25, -0.2) is 4.79 Å². The van der Waals surface area contributed by atoms with E-state index in [1.165, 1.54) is 19.3 Å². The summed E-state index contributed by atoms with van der Waals surface area (Å²) in [5.41, 5.74) is 1.01. The van der Waals surface area contributed by atoms with Crippen molar-refractivity contribution in [1.29, 1.82) is 0 Å². The lowest BCUT2D eigenvalue weighted by molar-refractivity contribution is -0.130. The second-order valence-electron chi connectivity index (χ2n) is 4.68. The van der Waals surface area contributed by atoms with Gasteiger partial charge in [0.2, 0.25) is 0 Å². The number of carbonyl (C=O) groups is 1. The Morgan fingerprint density at radius 2 is 2.22 bits per heavy atom. The summed E-state index contributed by atoms with van der Waals surface area (Å²) in [5, 5.41) is 8.95. The van der Waals surface area contributed by atoms with E-state index in [9.17, 15) is 4.79 Å². The van der Waals surface area contributed by atoms with Gasteiger partial charge in [-0.15, -0.1) is 0 Å². The van der Waals surface area contributed by atoms with Gasteiger partial charge in [0.05, 0.1) is 11.8 Å². The van der Waals surface area contributed by atoms with Crippen molar-refractivity contribution in [3.63, 3.8) is 0 Å². The molecule has 0 spiro atoms. The first-order valence-corrected chi connectivity index (χ1v) is 6.59. The first-order chi connectivity index (χ1) is 8.60. The lowest BCUT2D eigenvalue weighted by Gasteiger charge is -2.14. The monoisotopic (exact) mass is 250 g/mol. The van der Waals surface area contributed by atoms with Crippen LogP contribution in [0.15, 0.2) is 23.3 Å². The van der Waals surface area contributed by atoms with Gasteiger partial charge < -0.3 is 9.52 Å². The lowest BCUT2D eigenvalue weighted by Crippen LogP contribution is -2.06. The molecule has 0 saturated carbocycles. The zero-order valence-corrected chi connectivity index (χ0v) is 11.2. The number of unbranched alkanes of at least 4 members (excludes halogenated alkanes) is 1. The number of carboxylic acids is 1. The molecular weight excluding hydrogens is 228 g/mol. The molecule has 0 radical (unpaired) electrons. The SMILES string of the molecule is C=C(C(=O)O)c1occc1CC(CC)CCCC. The van der Waals surface area contributed by atoms with Gasteiger partial charge in [-0.05, 0) is 24.0 Å². The van der Waals surface area contributed by atoms with Gasteiger partial charge in [0.25, 0.3) is 0 Å². The second-order valence-corrected chi connectivity index (χ2v) is 4.68. The minimum Gasteiger partial charge on any atom is -0.478 e. The average molecular weight is 250 g/mol. The molecule has 1 unspecified atom stereocenters. The van der Waals surface area contributed by atoms with Crippen molar-refractivity contribution in [2.45, 2.75) is 46.0 Å². The van der Waals surface area contributed by atoms with Crippen LogP contribution in [0.4, 0.5) is 0 Å². The molecule has 1 heterocycles. The highest BCUT2D eigenvalue weighted by molar-refractivity contribution is 6.13. The minimum absolute atomic E-state index is 0.0420. The molecule has 0 amide bonds. The lowest BCUT2D eigenvalue weighted by atomic mass is 9.91. The third kappa shape index (κ3) is 3.76. The summed E-state index contributed by atoms with van der Waals surface area (Å²) in [7, 11) is 0. The van der Waals surface area contributed by atoms with Crippen molar-refractivity contribution in [1.82, 2.24) is 0 Å². The molecule has 0 bridgehead atoms. The van der Waals surface area contributed by atoms with Crippen LogP contribution in [0.3, 0.4) is 0 Å². The predicted molar refractivity (Wildman–Crippen MR) is 72.4 cm³/mol. The summed E-state index contributed by atoms with van der Waals surface area (Å²) < 4.78 is 5.26. The van der Waals surface area contributed by atoms with Crippen molar-refractivity contribution in [2.75, 3.05) is 0 Å². The molecule has 1 aromatic rings.